The number of nitrogens with one attached hydrogen (secondary N) is 1. The molecule has 0 saturated carbocycles. The standard InChI is InChI=1S/C30H35Cl2N3O4S/c1-5-22(3)33-30(37)28(17-23-11-7-6-8-12-23)34(19-24-13-9-10-21(2)16-24)29(36)20-35(40(4,38)39)25-14-15-26(31)27(32)18-25/h6-16,18,22,28H,5,17,19-20H2,1-4H3,(H,33,37)/t22-,28+/m1/s1. The first-order chi connectivity index (χ1) is 18.9. The van der Waals surface area contributed by atoms with E-state index >= 15 is 0 Å². The van der Waals surface area contributed by atoms with Gasteiger partial charge in [0.05, 0.1) is 22.0 Å². The van der Waals surface area contributed by atoms with Crippen LogP contribution in [0.5, 0.6) is 0 Å². The van der Waals surface area contributed by atoms with Gasteiger partial charge in [0, 0.05) is 19.0 Å². The smallest absolute Gasteiger partial charge is 0.244 e. The minimum atomic E-state index is -3.90. The number of rotatable bonds is 12. The average molecular weight is 605 g/mol. The molecule has 2 atom stereocenters. The normalized spacial score (nSPS) is 12.8. The van der Waals surface area contributed by atoms with Crippen molar-refractivity contribution in [1.82, 2.24) is 10.2 Å². The molecule has 10 heteroatoms. The Morgan fingerprint density at radius 3 is 2.20 bits per heavy atom. The molecule has 2 amide bonds. The van der Waals surface area contributed by atoms with Crippen molar-refractivity contribution in [2.75, 3.05) is 17.1 Å². The van der Waals surface area contributed by atoms with Gasteiger partial charge in [-0.2, -0.15) is 0 Å². The summed E-state index contributed by atoms with van der Waals surface area (Å²) in [5.74, 6) is -0.835. The maximum absolute atomic E-state index is 14.1. The molecule has 1 N–H and O–H groups in total. The van der Waals surface area contributed by atoms with Crippen LogP contribution in [0.3, 0.4) is 0 Å². The molecule has 0 fully saturated rings. The van der Waals surface area contributed by atoms with Gasteiger partial charge in [-0.3, -0.25) is 13.9 Å². The second-order valence-corrected chi connectivity index (χ2v) is 12.6. The Balaban J connectivity index is 2.07. The van der Waals surface area contributed by atoms with E-state index in [1.165, 1.54) is 23.1 Å². The van der Waals surface area contributed by atoms with Crippen molar-refractivity contribution < 1.29 is 18.0 Å². The quantitative estimate of drug-likeness (QED) is 0.291. The number of halogens is 2. The largest absolute Gasteiger partial charge is 0.352 e. The molecule has 0 aliphatic heterocycles. The van der Waals surface area contributed by atoms with Gasteiger partial charge in [-0.25, -0.2) is 8.42 Å². The molecular weight excluding hydrogens is 569 g/mol. The first-order valence-corrected chi connectivity index (χ1v) is 15.6. The van der Waals surface area contributed by atoms with Gasteiger partial charge in [-0.15, -0.1) is 0 Å². The van der Waals surface area contributed by atoms with Gasteiger partial charge in [0.25, 0.3) is 0 Å². The zero-order chi connectivity index (χ0) is 29.4. The molecule has 0 unspecified atom stereocenters. The lowest BCUT2D eigenvalue weighted by atomic mass is 10.0. The van der Waals surface area contributed by atoms with E-state index in [2.05, 4.69) is 5.32 Å². The lowest BCUT2D eigenvalue weighted by Gasteiger charge is -2.34. The number of anilines is 1. The molecule has 3 rings (SSSR count). The fourth-order valence-corrected chi connectivity index (χ4v) is 5.39. The first-order valence-electron chi connectivity index (χ1n) is 13.0. The van der Waals surface area contributed by atoms with Crippen molar-refractivity contribution in [2.45, 2.75) is 52.2 Å². The molecule has 40 heavy (non-hydrogen) atoms. The molecular formula is C30H35Cl2N3O4S. The number of carbonyl (C=O) groups excluding carboxylic acids is 2. The van der Waals surface area contributed by atoms with Gasteiger partial charge in [-0.1, -0.05) is 90.3 Å². The number of aryl methyl sites for hydroxylation is 1. The molecule has 0 heterocycles. The zero-order valence-electron chi connectivity index (χ0n) is 23.1. The maximum Gasteiger partial charge on any atom is 0.244 e. The lowest BCUT2D eigenvalue weighted by molar-refractivity contribution is -0.140. The molecule has 214 valence electrons. The van der Waals surface area contributed by atoms with E-state index in [0.29, 0.717) is 0 Å². The molecule has 0 saturated heterocycles. The van der Waals surface area contributed by atoms with Crippen LogP contribution in [-0.2, 0) is 32.6 Å². The maximum atomic E-state index is 14.1. The van der Waals surface area contributed by atoms with Crippen LogP contribution < -0.4 is 9.62 Å². The van der Waals surface area contributed by atoms with E-state index in [-0.39, 0.29) is 40.6 Å². The van der Waals surface area contributed by atoms with E-state index in [9.17, 15) is 18.0 Å². The van der Waals surface area contributed by atoms with Crippen molar-refractivity contribution in [3.05, 3.63) is 99.5 Å². The van der Waals surface area contributed by atoms with Crippen molar-refractivity contribution in [1.29, 1.82) is 0 Å². The van der Waals surface area contributed by atoms with Crippen LogP contribution in [0.1, 0.15) is 37.0 Å². The first kappa shape index (κ1) is 31.5. The summed E-state index contributed by atoms with van der Waals surface area (Å²) in [6.45, 7) is 5.41. The highest BCUT2D eigenvalue weighted by molar-refractivity contribution is 7.92. The van der Waals surface area contributed by atoms with Gasteiger partial charge in [0.2, 0.25) is 21.8 Å². The van der Waals surface area contributed by atoms with Gasteiger partial charge in [-0.05, 0) is 49.6 Å². The van der Waals surface area contributed by atoms with Crippen molar-refractivity contribution in [2.24, 2.45) is 0 Å². The fourth-order valence-electron chi connectivity index (χ4n) is 4.26. The molecule has 3 aromatic rings. The number of hydrogen-bond donors (Lipinski definition) is 1. The monoisotopic (exact) mass is 603 g/mol. The van der Waals surface area contributed by atoms with E-state index in [1.807, 2.05) is 75.4 Å². The molecule has 0 aliphatic carbocycles. The Hall–Kier alpha value is -3.07. The Morgan fingerprint density at radius 1 is 0.925 bits per heavy atom. The average Bonchev–Trinajstić information content (AvgIpc) is 2.90. The Morgan fingerprint density at radius 2 is 1.60 bits per heavy atom. The molecule has 0 radical (unpaired) electrons. The Bertz CT molecular complexity index is 1430. The molecule has 0 aliphatic rings. The summed E-state index contributed by atoms with van der Waals surface area (Å²) in [7, 11) is -3.90. The van der Waals surface area contributed by atoms with Crippen molar-refractivity contribution in [3.8, 4) is 0 Å². The van der Waals surface area contributed by atoms with E-state index in [0.717, 1.165) is 33.7 Å². The van der Waals surface area contributed by atoms with E-state index in [4.69, 9.17) is 23.2 Å². The van der Waals surface area contributed by atoms with E-state index in [1.54, 1.807) is 0 Å². The highest BCUT2D eigenvalue weighted by atomic mass is 35.5. The molecule has 3 aromatic carbocycles. The zero-order valence-corrected chi connectivity index (χ0v) is 25.4. The predicted molar refractivity (Wildman–Crippen MR) is 162 cm³/mol. The van der Waals surface area contributed by atoms with Gasteiger partial charge >= 0.3 is 0 Å². The van der Waals surface area contributed by atoms with Gasteiger partial charge in [0.1, 0.15) is 12.6 Å². The van der Waals surface area contributed by atoms with E-state index < -0.39 is 28.5 Å². The summed E-state index contributed by atoms with van der Waals surface area (Å²) in [6.07, 6.45) is 1.99. The van der Waals surface area contributed by atoms with Gasteiger partial charge < -0.3 is 10.2 Å². The minimum absolute atomic E-state index is 0.106. The van der Waals surface area contributed by atoms with Crippen molar-refractivity contribution in [3.63, 3.8) is 0 Å². The van der Waals surface area contributed by atoms with Crippen LogP contribution in [0.25, 0.3) is 0 Å². The number of hydrogen-bond acceptors (Lipinski definition) is 4. The number of carbonyl (C=O) groups is 2. The highest BCUT2D eigenvalue weighted by Crippen LogP contribution is 2.29. The third-order valence-electron chi connectivity index (χ3n) is 6.58. The molecule has 0 spiro atoms. The summed E-state index contributed by atoms with van der Waals surface area (Å²) < 4.78 is 26.7. The Labute approximate surface area is 247 Å². The van der Waals surface area contributed by atoms with Gasteiger partial charge in [0.15, 0.2) is 0 Å². The minimum Gasteiger partial charge on any atom is -0.352 e. The fraction of sp³-hybridized carbons (Fsp3) is 0.333. The molecule has 7 nitrogen and oxygen atoms in total. The second kappa shape index (κ2) is 14.0. The third kappa shape index (κ3) is 8.71. The number of nitrogens with zero attached hydrogens (tertiary/aromatic N) is 2. The third-order valence-corrected chi connectivity index (χ3v) is 8.46. The summed E-state index contributed by atoms with van der Waals surface area (Å²) in [4.78, 5) is 29.2. The second-order valence-electron chi connectivity index (χ2n) is 9.90. The molecule has 0 bridgehead atoms. The SMILES string of the molecule is CC[C@@H](C)NC(=O)[C@H](Cc1ccccc1)N(Cc1cccc(C)c1)C(=O)CN(c1ccc(Cl)c(Cl)c1)S(C)(=O)=O. The van der Waals surface area contributed by atoms with Crippen LogP contribution in [0.15, 0.2) is 72.8 Å². The highest BCUT2D eigenvalue weighted by Gasteiger charge is 2.33. The topological polar surface area (TPSA) is 86.8 Å². The summed E-state index contributed by atoms with van der Waals surface area (Å²) in [5.41, 5.74) is 2.90. The molecule has 0 aromatic heterocycles. The van der Waals surface area contributed by atoms with Crippen LogP contribution >= 0.6 is 23.2 Å². The Kier molecular flexibility index (Phi) is 11.0. The summed E-state index contributed by atoms with van der Waals surface area (Å²) in [6, 6.07) is 20.5. The van der Waals surface area contributed by atoms with Crippen LogP contribution in [-0.4, -0.2) is 50.0 Å². The lowest BCUT2D eigenvalue weighted by Crippen LogP contribution is -2.54. The number of sulfonamides is 1. The summed E-state index contributed by atoms with van der Waals surface area (Å²) >= 11 is 12.2. The van der Waals surface area contributed by atoms with Crippen LogP contribution in [0, 0.1) is 6.92 Å². The van der Waals surface area contributed by atoms with Crippen LogP contribution in [0.2, 0.25) is 10.0 Å². The van der Waals surface area contributed by atoms with Crippen molar-refractivity contribution >= 4 is 50.7 Å². The number of amides is 2. The predicted octanol–water partition coefficient (Wildman–Crippen LogP) is 5.62. The number of benzene rings is 3. The van der Waals surface area contributed by atoms with Crippen LogP contribution in [0.4, 0.5) is 5.69 Å². The summed E-state index contributed by atoms with van der Waals surface area (Å²) in [5, 5.41) is 3.43.